The zero-order valence-electron chi connectivity index (χ0n) is 21.2. The summed E-state index contributed by atoms with van der Waals surface area (Å²) in [7, 11) is 6.59. The van der Waals surface area contributed by atoms with Crippen LogP contribution in [-0.2, 0) is 4.79 Å². The molecule has 34 heavy (non-hydrogen) atoms. The van der Waals surface area contributed by atoms with Crippen molar-refractivity contribution >= 4 is 11.5 Å². The third-order valence-electron chi connectivity index (χ3n) is 9.29. The number of hydrogen-bond donors (Lipinski definition) is 1. The van der Waals surface area contributed by atoms with Crippen LogP contribution in [0.15, 0.2) is 47.1 Å². The van der Waals surface area contributed by atoms with Crippen molar-refractivity contribution in [1.82, 2.24) is 4.48 Å². The summed E-state index contributed by atoms with van der Waals surface area (Å²) < 4.78 is 0.794. The first-order chi connectivity index (χ1) is 15.6. The second-order valence-electron chi connectivity index (χ2n) is 11.9. The number of ketones is 1. The van der Waals surface area contributed by atoms with Crippen LogP contribution in [0.1, 0.15) is 70.3 Å². The van der Waals surface area contributed by atoms with Crippen LogP contribution in [0.4, 0.5) is 5.69 Å². The zero-order valence-corrected chi connectivity index (χ0v) is 22.0. The van der Waals surface area contributed by atoms with Crippen LogP contribution >= 0.6 is 0 Å². The van der Waals surface area contributed by atoms with Crippen molar-refractivity contribution in [2.45, 2.75) is 70.3 Å². The second kappa shape index (κ2) is 8.66. The van der Waals surface area contributed by atoms with E-state index in [1.807, 2.05) is 13.0 Å². The number of fused-ring (bicyclic) bond motifs is 4. The Bertz CT molecular complexity index is 1110. The number of carbonyl (C=O) groups is 1. The Balaban J connectivity index is 0.00000274. The predicted molar refractivity (Wildman–Crippen MR) is 135 cm³/mol. The Labute approximate surface area is 211 Å². The molecule has 0 aliphatic heterocycles. The summed E-state index contributed by atoms with van der Waals surface area (Å²) in [6.45, 7) is 4.15. The van der Waals surface area contributed by atoms with Gasteiger partial charge in [-0.15, -0.1) is 5.92 Å². The molecule has 0 heterocycles. The summed E-state index contributed by atoms with van der Waals surface area (Å²) in [5.41, 5.74) is 5.82. The standard InChI is InChI=1S/C30H38NO2.ClH/c1-6-16-30(33)17-15-27-25-13-9-21-18-23(32)12-14-24(21)28(25)26(19-29(27,30)2)20-7-10-22(11-8-20)31(3,4)5;/h7-8,10-11,18,25-27,33H,9,12-15,17,19H2,1-5H3;1H/q+1;/p-1/t25?,26-,27?,29+,30-;/m1./s1. The highest BCUT2D eigenvalue weighted by Gasteiger charge is 2.62. The minimum absolute atomic E-state index is 0. The summed E-state index contributed by atoms with van der Waals surface area (Å²) in [4.78, 5) is 12.2. The fourth-order valence-corrected chi connectivity index (χ4v) is 7.53. The van der Waals surface area contributed by atoms with E-state index in [0.717, 1.165) is 43.0 Å². The Morgan fingerprint density at radius 2 is 1.76 bits per heavy atom. The lowest BCUT2D eigenvalue weighted by atomic mass is 9.51. The lowest BCUT2D eigenvalue weighted by Gasteiger charge is -2.53. The van der Waals surface area contributed by atoms with E-state index in [0.29, 0.717) is 18.3 Å². The van der Waals surface area contributed by atoms with Crippen LogP contribution in [0, 0.1) is 29.1 Å². The number of carbonyl (C=O) groups excluding carboxylic acids is 1. The lowest BCUT2D eigenvalue weighted by Crippen LogP contribution is -3.00. The molecule has 2 unspecified atom stereocenters. The van der Waals surface area contributed by atoms with E-state index in [-0.39, 0.29) is 29.5 Å². The molecule has 5 rings (SSSR count). The summed E-state index contributed by atoms with van der Waals surface area (Å²) in [5.74, 6) is 7.78. The molecule has 1 N–H and O–H groups in total. The maximum Gasteiger partial charge on any atom is 0.156 e. The SMILES string of the molecule is CC#C[C@@]1(O)CCC2C3CCC4=CC(=O)CCC4=C3[C@@H](c3ccc([N+](C)(C)C)cc3)C[C@@]21C.[Cl-]. The van der Waals surface area contributed by atoms with Gasteiger partial charge in [0.1, 0.15) is 11.3 Å². The van der Waals surface area contributed by atoms with Crippen LogP contribution in [0.2, 0.25) is 0 Å². The third-order valence-corrected chi connectivity index (χ3v) is 9.29. The summed E-state index contributed by atoms with van der Waals surface area (Å²) >= 11 is 0. The van der Waals surface area contributed by atoms with Gasteiger partial charge in [0.05, 0.1) is 21.1 Å². The van der Waals surface area contributed by atoms with E-state index >= 15 is 0 Å². The molecule has 5 atom stereocenters. The third kappa shape index (κ3) is 3.79. The van der Waals surface area contributed by atoms with Crippen molar-refractivity contribution in [3.8, 4) is 11.8 Å². The van der Waals surface area contributed by atoms with E-state index in [1.165, 1.54) is 22.4 Å². The van der Waals surface area contributed by atoms with Crippen LogP contribution in [-0.4, -0.2) is 37.6 Å². The quantitative estimate of drug-likeness (QED) is 0.523. The van der Waals surface area contributed by atoms with Gasteiger partial charge in [-0.1, -0.05) is 30.6 Å². The van der Waals surface area contributed by atoms with Crippen molar-refractivity contribution in [3.63, 3.8) is 0 Å². The molecular formula is C30H38ClNO2. The molecule has 0 amide bonds. The number of benzene rings is 1. The van der Waals surface area contributed by atoms with E-state index in [2.05, 4.69) is 64.2 Å². The van der Waals surface area contributed by atoms with Crippen molar-refractivity contribution < 1.29 is 22.3 Å². The molecule has 0 radical (unpaired) electrons. The smallest absolute Gasteiger partial charge is 0.156 e. The largest absolute Gasteiger partial charge is 1.00 e. The van der Waals surface area contributed by atoms with E-state index in [9.17, 15) is 9.90 Å². The fraction of sp³-hybridized carbons (Fsp3) is 0.567. The van der Waals surface area contributed by atoms with Gasteiger partial charge in [0, 0.05) is 17.8 Å². The zero-order chi connectivity index (χ0) is 23.6. The fourth-order valence-electron chi connectivity index (χ4n) is 7.53. The number of halogens is 1. The summed E-state index contributed by atoms with van der Waals surface area (Å²) in [5, 5.41) is 11.8. The van der Waals surface area contributed by atoms with Crippen LogP contribution in [0.5, 0.6) is 0 Å². The van der Waals surface area contributed by atoms with Crippen molar-refractivity contribution in [2.24, 2.45) is 17.3 Å². The van der Waals surface area contributed by atoms with Gasteiger partial charge in [-0.2, -0.15) is 0 Å². The normalized spacial score (nSPS) is 34.7. The van der Waals surface area contributed by atoms with Gasteiger partial charge in [-0.3, -0.25) is 9.28 Å². The molecule has 2 saturated carbocycles. The maximum absolute atomic E-state index is 12.2. The molecule has 0 spiro atoms. The molecule has 1 aromatic carbocycles. The van der Waals surface area contributed by atoms with Crippen molar-refractivity contribution in [1.29, 1.82) is 0 Å². The second-order valence-corrected chi connectivity index (χ2v) is 11.9. The van der Waals surface area contributed by atoms with Gasteiger partial charge in [0.25, 0.3) is 0 Å². The molecule has 1 aromatic rings. The van der Waals surface area contributed by atoms with Gasteiger partial charge in [0.15, 0.2) is 5.78 Å². The molecule has 4 heteroatoms. The number of hydrogen-bond acceptors (Lipinski definition) is 2. The topological polar surface area (TPSA) is 37.3 Å². The van der Waals surface area contributed by atoms with Crippen LogP contribution in [0.3, 0.4) is 0 Å². The number of quaternary nitrogens is 1. The Morgan fingerprint density at radius 1 is 1.06 bits per heavy atom. The minimum atomic E-state index is -0.915. The Kier molecular flexibility index (Phi) is 6.43. The molecule has 4 aliphatic rings. The lowest BCUT2D eigenvalue weighted by molar-refractivity contribution is -0.114. The number of aliphatic hydroxyl groups is 1. The van der Waals surface area contributed by atoms with Gasteiger partial charge in [-0.05, 0) is 92.2 Å². The van der Waals surface area contributed by atoms with E-state index < -0.39 is 5.60 Å². The predicted octanol–water partition coefficient (Wildman–Crippen LogP) is 2.54. The van der Waals surface area contributed by atoms with Gasteiger partial charge in [-0.25, -0.2) is 0 Å². The van der Waals surface area contributed by atoms with Crippen LogP contribution < -0.4 is 16.9 Å². The number of rotatable bonds is 2. The maximum atomic E-state index is 12.2. The molecular weight excluding hydrogens is 442 g/mol. The van der Waals surface area contributed by atoms with E-state index in [1.54, 1.807) is 5.57 Å². The average molecular weight is 480 g/mol. The highest BCUT2D eigenvalue weighted by atomic mass is 35.5. The number of allylic oxidation sites excluding steroid dienone is 4. The summed E-state index contributed by atoms with van der Waals surface area (Å²) in [6.07, 6.45) is 8.25. The van der Waals surface area contributed by atoms with E-state index in [4.69, 9.17) is 0 Å². The highest BCUT2D eigenvalue weighted by molar-refractivity contribution is 5.93. The number of nitrogens with zero attached hydrogens (tertiary/aromatic N) is 1. The molecule has 3 nitrogen and oxygen atoms in total. The monoisotopic (exact) mass is 479 g/mol. The molecule has 0 saturated heterocycles. The first-order valence-electron chi connectivity index (χ1n) is 12.6. The molecule has 0 bridgehead atoms. The van der Waals surface area contributed by atoms with Crippen LogP contribution in [0.25, 0.3) is 0 Å². The molecule has 4 aliphatic carbocycles. The molecule has 2 fully saturated rings. The van der Waals surface area contributed by atoms with Crippen molar-refractivity contribution in [3.05, 3.63) is 52.6 Å². The van der Waals surface area contributed by atoms with Gasteiger partial charge >= 0.3 is 0 Å². The highest BCUT2D eigenvalue weighted by Crippen LogP contribution is 2.66. The summed E-state index contributed by atoms with van der Waals surface area (Å²) in [6, 6.07) is 9.15. The van der Waals surface area contributed by atoms with Gasteiger partial charge in [0.2, 0.25) is 0 Å². The van der Waals surface area contributed by atoms with Crippen molar-refractivity contribution in [2.75, 3.05) is 21.1 Å². The molecule has 182 valence electrons. The molecule has 0 aromatic heterocycles. The van der Waals surface area contributed by atoms with Gasteiger partial charge < -0.3 is 17.5 Å². The first kappa shape index (κ1) is 25.2. The Morgan fingerprint density at radius 3 is 2.41 bits per heavy atom. The minimum Gasteiger partial charge on any atom is -1.00 e. The first-order valence-corrected chi connectivity index (χ1v) is 12.6. The average Bonchev–Trinajstić information content (AvgIpc) is 3.03. The Hall–Kier alpha value is -1.86.